The zero-order valence-electron chi connectivity index (χ0n) is 14.0. The number of carbonyl (C=O) groups excluding carboxylic acids is 1. The zero-order valence-corrected chi connectivity index (χ0v) is 14.0. The minimum atomic E-state index is 0.0858. The van der Waals surface area contributed by atoms with Gasteiger partial charge in [0.25, 0.3) is 5.91 Å². The van der Waals surface area contributed by atoms with E-state index in [4.69, 9.17) is 0 Å². The van der Waals surface area contributed by atoms with E-state index in [9.17, 15) is 4.79 Å². The predicted octanol–water partition coefficient (Wildman–Crippen LogP) is 2.06. The van der Waals surface area contributed by atoms with Crippen LogP contribution in [0.3, 0.4) is 0 Å². The second-order valence-electron chi connectivity index (χ2n) is 6.27. The van der Waals surface area contributed by atoms with Crippen molar-refractivity contribution >= 4 is 5.91 Å². The summed E-state index contributed by atoms with van der Waals surface area (Å²) in [5, 5.41) is 7.83. The fourth-order valence-corrected chi connectivity index (χ4v) is 3.07. The van der Waals surface area contributed by atoms with E-state index in [1.54, 1.807) is 6.20 Å². The van der Waals surface area contributed by atoms with Crippen molar-refractivity contribution in [2.75, 3.05) is 13.1 Å². The summed E-state index contributed by atoms with van der Waals surface area (Å²) in [6, 6.07) is 10.7. The van der Waals surface area contributed by atoms with Crippen LogP contribution < -0.4 is 5.32 Å². The van der Waals surface area contributed by atoms with Crippen LogP contribution >= 0.6 is 0 Å². The lowest BCUT2D eigenvalue weighted by molar-refractivity contribution is 0.0602. The highest BCUT2D eigenvalue weighted by Crippen LogP contribution is 2.17. The van der Waals surface area contributed by atoms with E-state index < -0.39 is 0 Å². The van der Waals surface area contributed by atoms with Crippen molar-refractivity contribution in [3.63, 3.8) is 0 Å². The SMILES string of the molecule is Cc1c(C(=O)N2CCNC(C)C2C)cnn1Cc1ccccc1. The number of aromatic nitrogens is 2. The number of nitrogens with one attached hydrogen (secondary N) is 1. The van der Waals surface area contributed by atoms with Gasteiger partial charge in [0, 0.05) is 30.9 Å². The van der Waals surface area contributed by atoms with Gasteiger partial charge in [-0.05, 0) is 26.3 Å². The third-order valence-electron chi connectivity index (χ3n) is 4.80. The van der Waals surface area contributed by atoms with E-state index in [0.29, 0.717) is 18.2 Å². The number of carbonyl (C=O) groups is 1. The molecule has 5 heteroatoms. The number of piperazine rings is 1. The number of nitrogens with zero attached hydrogens (tertiary/aromatic N) is 3. The molecule has 23 heavy (non-hydrogen) atoms. The molecular formula is C18H24N4O. The minimum Gasteiger partial charge on any atom is -0.333 e. The zero-order chi connectivity index (χ0) is 16.4. The second-order valence-corrected chi connectivity index (χ2v) is 6.27. The Balaban J connectivity index is 1.80. The maximum absolute atomic E-state index is 12.9. The van der Waals surface area contributed by atoms with Gasteiger partial charge < -0.3 is 10.2 Å². The highest BCUT2D eigenvalue weighted by Gasteiger charge is 2.30. The van der Waals surface area contributed by atoms with Crippen molar-refractivity contribution in [3.8, 4) is 0 Å². The highest BCUT2D eigenvalue weighted by molar-refractivity contribution is 5.95. The summed E-state index contributed by atoms with van der Waals surface area (Å²) in [6.45, 7) is 8.46. The molecule has 122 valence electrons. The molecule has 0 aliphatic carbocycles. The molecule has 5 nitrogen and oxygen atoms in total. The van der Waals surface area contributed by atoms with Crippen molar-refractivity contribution in [1.82, 2.24) is 20.0 Å². The minimum absolute atomic E-state index is 0.0858. The molecule has 0 bridgehead atoms. The largest absolute Gasteiger partial charge is 0.333 e. The van der Waals surface area contributed by atoms with E-state index in [1.807, 2.05) is 34.7 Å². The van der Waals surface area contributed by atoms with Crippen molar-refractivity contribution in [2.24, 2.45) is 0 Å². The van der Waals surface area contributed by atoms with Crippen molar-refractivity contribution in [2.45, 2.75) is 39.4 Å². The van der Waals surface area contributed by atoms with Gasteiger partial charge in [-0.3, -0.25) is 9.48 Å². The van der Waals surface area contributed by atoms with Gasteiger partial charge in [0.15, 0.2) is 0 Å². The first-order chi connectivity index (χ1) is 11.1. The Labute approximate surface area is 137 Å². The van der Waals surface area contributed by atoms with E-state index in [0.717, 1.165) is 18.8 Å². The normalized spacial score (nSPS) is 21.4. The summed E-state index contributed by atoms with van der Waals surface area (Å²) in [7, 11) is 0. The van der Waals surface area contributed by atoms with Crippen LogP contribution in [0.25, 0.3) is 0 Å². The number of hydrogen-bond acceptors (Lipinski definition) is 3. The molecular weight excluding hydrogens is 288 g/mol. The quantitative estimate of drug-likeness (QED) is 0.944. The number of rotatable bonds is 3. The Morgan fingerprint density at radius 1 is 1.30 bits per heavy atom. The maximum Gasteiger partial charge on any atom is 0.257 e. The third-order valence-corrected chi connectivity index (χ3v) is 4.80. The molecule has 1 saturated heterocycles. The fraction of sp³-hybridized carbons (Fsp3) is 0.444. The first-order valence-corrected chi connectivity index (χ1v) is 8.18. The molecule has 1 amide bonds. The maximum atomic E-state index is 12.9. The molecule has 0 spiro atoms. The summed E-state index contributed by atoms with van der Waals surface area (Å²) < 4.78 is 1.90. The lowest BCUT2D eigenvalue weighted by atomic mass is 10.1. The lowest BCUT2D eigenvalue weighted by Crippen LogP contribution is -2.57. The Bertz CT molecular complexity index is 680. The molecule has 2 atom stereocenters. The summed E-state index contributed by atoms with van der Waals surface area (Å²) in [4.78, 5) is 14.8. The van der Waals surface area contributed by atoms with Crippen LogP contribution in [0.1, 0.15) is 35.5 Å². The molecule has 2 unspecified atom stereocenters. The van der Waals surface area contributed by atoms with Gasteiger partial charge >= 0.3 is 0 Å². The van der Waals surface area contributed by atoms with Crippen molar-refractivity contribution in [3.05, 3.63) is 53.3 Å². The molecule has 1 N–H and O–H groups in total. The van der Waals surface area contributed by atoms with Crippen LogP contribution in [-0.4, -0.2) is 45.8 Å². The van der Waals surface area contributed by atoms with E-state index in [-0.39, 0.29) is 11.9 Å². The molecule has 1 aliphatic heterocycles. The van der Waals surface area contributed by atoms with E-state index >= 15 is 0 Å². The number of amides is 1. The standard InChI is InChI=1S/C18H24N4O/c1-13-14(2)21(10-9-19-13)18(23)17-11-20-22(15(17)3)12-16-7-5-4-6-8-16/h4-8,11,13-14,19H,9-10,12H2,1-3H3. The van der Waals surface area contributed by atoms with Gasteiger partial charge in [-0.2, -0.15) is 5.10 Å². The molecule has 1 fully saturated rings. The topological polar surface area (TPSA) is 50.2 Å². The summed E-state index contributed by atoms with van der Waals surface area (Å²) in [6.07, 6.45) is 1.71. The van der Waals surface area contributed by atoms with Crippen LogP contribution in [0.5, 0.6) is 0 Å². The number of benzene rings is 1. The van der Waals surface area contributed by atoms with Crippen LogP contribution in [0.4, 0.5) is 0 Å². The average Bonchev–Trinajstić information content (AvgIpc) is 2.91. The molecule has 0 saturated carbocycles. The van der Waals surface area contributed by atoms with Crippen LogP contribution in [0.15, 0.2) is 36.5 Å². The first kappa shape index (κ1) is 15.7. The Morgan fingerprint density at radius 2 is 2.04 bits per heavy atom. The lowest BCUT2D eigenvalue weighted by Gasteiger charge is -2.38. The van der Waals surface area contributed by atoms with Crippen molar-refractivity contribution in [1.29, 1.82) is 0 Å². The summed E-state index contributed by atoms with van der Waals surface area (Å²) in [5.74, 6) is 0.0858. The molecule has 1 aromatic heterocycles. The van der Waals surface area contributed by atoms with Gasteiger partial charge in [0.1, 0.15) is 0 Å². The summed E-state index contributed by atoms with van der Waals surface area (Å²) in [5.41, 5.74) is 2.82. The van der Waals surface area contributed by atoms with E-state index in [1.165, 1.54) is 5.56 Å². The Kier molecular flexibility index (Phi) is 4.48. The molecule has 0 radical (unpaired) electrons. The van der Waals surface area contributed by atoms with Crippen LogP contribution in [0.2, 0.25) is 0 Å². The Morgan fingerprint density at radius 3 is 2.78 bits per heavy atom. The monoisotopic (exact) mass is 312 g/mol. The fourth-order valence-electron chi connectivity index (χ4n) is 3.07. The molecule has 1 aromatic carbocycles. The molecule has 1 aliphatic rings. The summed E-state index contributed by atoms with van der Waals surface area (Å²) >= 11 is 0. The van der Waals surface area contributed by atoms with Crippen LogP contribution in [0, 0.1) is 6.92 Å². The van der Waals surface area contributed by atoms with Gasteiger partial charge in [0.2, 0.25) is 0 Å². The molecule has 2 aromatic rings. The van der Waals surface area contributed by atoms with Crippen molar-refractivity contribution < 1.29 is 4.79 Å². The van der Waals surface area contributed by atoms with E-state index in [2.05, 4.69) is 36.4 Å². The Hall–Kier alpha value is -2.14. The first-order valence-electron chi connectivity index (χ1n) is 8.18. The molecule has 2 heterocycles. The van der Waals surface area contributed by atoms with Gasteiger partial charge in [-0.1, -0.05) is 30.3 Å². The predicted molar refractivity (Wildman–Crippen MR) is 90.5 cm³/mol. The van der Waals surface area contributed by atoms with Crippen LogP contribution in [-0.2, 0) is 6.54 Å². The van der Waals surface area contributed by atoms with Gasteiger partial charge in [-0.15, -0.1) is 0 Å². The third kappa shape index (κ3) is 3.15. The smallest absolute Gasteiger partial charge is 0.257 e. The number of hydrogen-bond donors (Lipinski definition) is 1. The molecule has 3 rings (SSSR count). The van der Waals surface area contributed by atoms with Gasteiger partial charge in [-0.25, -0.2) is 0 Å². The second kappa shape index (κ2) is 6.54. The average molecular weight is 312 g/mol. The highest BCUT2D eigenvalue weighted by atomic mass is 16.2. The van der Waals surface area contributed by atoms with Gasteiger partial charge in [0.05, 0.1) is 18.3 Å².